The number of ether oxygens (including phenoxy) is 2. The van der Waals surface area contributed by atoms with E-state index in [9.17, 15) is 13.7 Å². The molecule has 1 aromatic heterocycles. The summed E-state index contributed by atoms with van der Waals surface area (Å²) >= 11 is 0. The van der Waals surface area contributed by atoms with Gasteiger partial charge in [0.05, 0.1) is 19.4 Å². The maximum absolute atomic E-state index is 14.6. The topological polar surface area (TPSA) is 106 Å². The molecule has 0 radical (unpaired) electrons. The molecule has 2 N–H and O–H groups in total. The molecule has 1 aliphatic heterocycles. The maximum Gasteiger partial charge on any atom is 0.439 e. The minimum Gasteiger partial charge on any atom is -0.492 e. The van der Waals surface area contributed by atoms with Crippen molar-refractivity contribution in [3.63, 3.8) is 0 Å². The highest BCUT2D eigenvalue weighted by Gasteiger charge is 2.21. The minimum atomic E-state index is -2.89. The third-order valence-electron chi connectivity index (χ3n) is 4.94. The van der Waals surface area contributed by atoms with Crippen LogP contribution in [0.3, 0.4) is 0 Å². The highest BCUT2D eigenvalue weighted by molar-refractivity contribution is 7.98. The molecule has 0 saturated carbocycles. The van der Waals surface area contributed by atoms with Gasteiger partial charge in [-0.2, -0.15) is 4.36 Å². The number of rotatable bonds is 6. The number of halogens is 1. The third kappa shape index (κ3) is 5.52. The van der Waals surface area contributed by atoms with Gasteiger partial charge in [-0.25, -0.2) is 19.2 Å². The molecule has 33 heavy (non-hydrogen) atoms. The Hall–Kier alpha value is -3.37. The van der Waals surface area contributed by atoms with Crippen LogP contribution in [0.1, 0.15) is 18.1 Å². The number of thiol groups is 1. The highest BCUT2D eigenvalue weighted by Crippen LogP contribution is 2.37. The molecule has 174 valence electrons. The normalized spacial score (nSPS) is 13.1. The molecule has 0 spiro atoms. The van der Waals surface area contributed by atoms with Gasteiger partial charge in [0, 0.05) is 23.4 Å². The van der Waals surface area contributed by atoms with Crippen LogP contribution in [0.15, 0.2) is 53.0 Å². The zero-order chi connectivity index (χ0) is 23.4. The van der Waals surface area contributed by atoms with Crippen molar-refractivity contribution in [2.75, 3.05) is 24.8 Å². The Balaban J connectivity index is 1.57. The Morgan fingerprint density at radius 2 is 2.15 bits per heavy atom. The minimum absolute atomic E-state index is 0.157. The van der Waals surface area contributed by atoms with Crippen molar-refractivity contribution in [1.29, 1.82) is 0 Å². The number of hydrogen-bond acceptors (Lipinski definition) is 6. The summed E-state index contributed by atoms with van der Waals surface area (Å²) in [4.78, 5) is 20.1. The quantitative estimate of drug-likeness (QED) is 0.443. The zero-order valence-corrected chi connectivity index (χ0v) is 19.2. The Morgan fingerprint density at radius 3 is 2.97 bits per heavy atom. The number of carbonyl (C=O) groups is 1. The van der Waals surface area contributed by atoms with E-state index in [1.54, 1.807) is 37.4 Å². The first-order chi connectivity index (χ1) is 15.8. The van der Waals surface area contributed by atoms with E-state index in [1.807, 2.05) is 18.2 Å². The summed E-state index contributed by atoms with van der Waals surface area (Å²) in [6.07, 6.45) is 2.67. The second kappa shape index (κ2) is 9.63. The lowest BCUT2D eigenvalue weighted by Gasteiger charge is -2.18. The van der Waals surface area contributed by atoms with E-state index in [-0.39, 0.29) is 24.0 Å². The van der Waals surface area contributed by atoms with Crippen molar-refractivity contribution in [1.82, 2.24) is 9.97 Å². The molecule has 0 bridgehead atoms. The molecule has 0 saturated heterocycles. The number of anilines is 2. The van der Waals surface area contributed by atoms with Gasteiger partial charge in [0.25, 0.3) is 0 Å². The highest BCUT2D eigenvalue weighted by atomic mass is 32.3. The van der Waals surface area contributed by atoms with Gasteiger partial charge in [0.1, 0.15) is 11.4 Å². The van der Waals surface area contributed by atoms with Crippen molar-refractivity contribution >= 4 is 27.8 Å². The Kier molecular flexibility index (Phi) is 6.66. The predicted octanol–water partition coefficient (Wildman–Crippen LogP) is 4.79. The number of nitrogens with one attached hydrogen (secondary N) is 1. The molecule has 0 atom stereocenters. The zero-order valence-electron chi connectivity index (χ0n) is 18.3. The van der Waals surface area contributed by atoms with E-state index in [2.05, 4.69) is 19.6 Å². The average Bonchev–Trinajstić information content (AvgIpc) is 3.24. The van der Waals surface area contributed by atoms with Crippen molar-refractivity contribution in [2.24, 2.45) is 4.36 Å². The van der Waals surface area contributed by atoms with Gasteiger partial charge in [0.2, 0.25) is 5.95 Å². The largest absolute Gasteiger partial charge is 0.492 e. The van der Waals surface area contributed by atoms with E-state index in [0.717, 1.165) is 23.7 Å². The van der Waals surface area contributed by atoms with Gasteiger partial charge in [-0.05, 0) is 42.5 Å². The van der Waals surface area contributed by atoms with E-state index in [1.165, 1.54) is 0 Å². The molecule has 10 heteroatoms. The van der Waals surface area contributed by atoms with Crippen LogP contribution in [0.5, 0.6) is 5.75 Å². The van der Waals surface area contributed by atoms with Crippen molar-refractivity contribution in [2.45, 2.75) is 19.1 Å². The lowest BCUT2D eigenvalue weighted by Crippen LogP contribution is -2.14. The number of fused-ring (bicyclic) bond motifs is 1. The van der Waals surface area contributed by atoms with Crippen LogP contribution in [-0.2, 0) is 27.0 Å². The van der Waals surface area contributed by atoms with Gasteiger partial charge in [-0.3, -0.25) is 0 Å². The molecular formula is C23H25FN4O4S. The van der Waals surface area contributed by atoms with Crippen molar-refractivity contribution in [3.8, 4) is 17.0 Å². The number of benzene rings is 2. The van der Waals surface area contributed by atoms with Crippen LogP contribution in [0.4, 0.5) is 20.8 Å². The molecule has 8 nitrogen and oxygen atoms in total. The molecule has 2 aromatic carbocycles. The summed E-state index contributed by atoms with van der Waals surface area (Å²) < 4.78 is 39.4. The van der Waals surface area contributed by atoms with Gasteiger partial charge < -0.3 is 19.3 Å². The summed E-state index contributed by atoms with van der Waals surface area (Å²) in [5.41, 5.74) is 3.18. The van der Waals surface area contributed by atoms with Crippen LogP contribution >= 0.6 is 0 Å². The number of aromatic nitrogens is 2. The monoisotopic (exact) mass is 472 g/mol. The summed E-state index contributed by atoms with van der Waals surface area (Å²) in [5, 5.41) is 3.08. The first kappa shape index (κ1) is 22.8. The van der Waals surface area contributed by atoms with Crippen molar-refractivity contribution in [3.05, 3.63) is 65.6 Å². The molecule has 3 aromatic rings. The molecule has 0 unspecified atom stereocenters. The fourth-order valence-corrected chi connectivity index (χ4v) is 4.97. The first-order valence-corrected chi connectivity index (χ1v) is 12.8. The summed E-state index contributed by atoms with van der Waals surface area (Å²) in [7, 11) is -2.89. The summed E-state index contributed by atoms with van der Waals surface area (Å²) in [6.45, 7) is 2.43. The van der Waals surface area contributed by atoms with Gasteiger partial charge >= 0.3 is 6.09 Å². The smallest absolute Gasteiger partial charge is 0.439 e. The van der Waals surface area contributed by atoms with Gasteiger partial charge in [-0.15, -0.1) is 0 Å². The van der Waals surface area contributed by atoms with E-state index >= 15 is 0 Å². The van der Waals surface area contributed by atoms with Crippen LogP contribution in [0.25, 0.3) is 11.3 Å². The molecule has 1 amide bonds. The maximum atomic E-state index is 14.6. The SMILES string of the molecule is CCOC(=O)N=[SH](C)(O)Cc1cccc(Nc2ncc(F)c(-c3cccc4c3OCC4)n2)c1. The number of carbonyl (C=O) groups excluding carboxylic acids is 1. The van der Waals surface area contributed by atoms with Gasteiger partial charge in [0.15, 0.2) is 5.82 Å². The fraction of sp³-hybridized carbons (Fsp3) is 0.261. The molecule has 2 heterocycles. The molecule has 0 fully saturated rings. The summed E-state index contributed by atoms with van der Waals surface area (Å²) in [5.74, 6) is 0.529. The number of nitrogens with zero attached hydrogens (tertiary/aromatic N) is 3. The van der Waals surface area contributed by atoms with Crippen LogP contribution in [0, 0.1) is 5.82 Å². The lowest BCUT2D eigenvalue weighted by molar-refractivity contribution is 0.164. The first-order valence-electron chi connectivity index (χ1n) is 10.5. The lowest BCUT2D eigenvalue weighted by atomic mass is 10.1. The number of amides is 1. The molecular weight excluding hydrogens is 447 g/mol. The third-order valence-corrected chi connectivity index (χ3v) is 6.50. The molecule has 1 aliphatic rings. The Morgan fingerprint density at radius 1 is 1.33 bits per heavy atom. The second-order valence-electron chi connectivity index (χ2n) is 7.65. The average molecular weight is 473 g/mol. The second-order valence-corrected chi connectivity index (χ2v) is 10.3. The van der Waals surface area contributed by atoms with Crippen LogP contribution in [-0.4, -0.2) is 40.1 Å². The predicted molar refractivity (Wildman–Crippen MR) is 127 cm³/mol. The summed E-state index contributed by atoms with van der Waals surface area (Å²) in [6, 6.07) is 12.8. The fourth-order valence-electron chi connectivity index (χ4n) is 3.60. The molecule has 0 aliphatic carbocycles. The number of para-hydroxylation sites is 1. The van der Waals surface area contributed by atoms with Crippen molar-refractivity contribution < 1.29 is 23.2 Å². The van der Waals surface area contributed by atoms with Crippen LogP contribution < -0.4 is 10.1 Å². The standard InChI is InChI=1S/C23H25FN4O4S/c1-3-31-23(29)28-33(2,30)14-15-6-4-8-17(12-15)26-22-25-13-19(24)20(27-22)18-9-5-7-16-10-11-32-21(16)18/h4-9,12-13,33H,3,10-11,14H2,1-2H3,(H,25,26,27)(H,28,29,30). The van der Waals surface area contributed by atoms with E-state index in [0.29, 0.717) is 23.6 Å². The Bertz CT molecular complexity index is 1240. The number of hydrogen-bond donors (Lipinski definition) is 3. The molecule has 4 rings (SSSR count). The van der Waals surface area contributed by atoms with Crippen LogP contribution in [0.2, 0.25) is 0 Å². The Labute approximate surface area is 192 Å². The van der Waals surface area contributed by atoms with Gasteiger partial charge in [-0.1, -0.05) is 34.4 Å². The van der Waals surface area contributed by atoms with E-state index < -0.39 is 22.0 Å². The van der Waals surface area contributed by atoms with E-state index in [4.69, 9.17) is 9.47 Å².